The van der Waals surface area contributed by atoms with Gasteiger partial charge in [-0.25, -0.2) is 0 Å². The molecule has 4 aliphatic rings. The highest BCUT2D eigenvalue weighted by atomic mass is 16.4. The molecule has 4 rings (SSSR count). The summed E-state index contributed by atoms with van der Waals surface area (Å²) in [6.45, 7) is 2.02. The molecule has 4 saturated carbocycles. The molecule has 0 aromatic heterocycles. The Labute approximate surface area is 96.4 Å². The molecule has 0 amide bonds. The van der Waals surface area contributed by atoms with E-state index in [1.807, 2.05) is 6.92 Å². The van der Waals surface area contributed by atoms with E-state index in [4.69, 9.17) is 0 Å². The Hall–Kier alpha value is -0.530. The van der Waals surface area contributed by atoms with Gasteiger partial charge in [0.15, 0.2) is 0 Å². The summed E-state index contributed by atoms with van der Waals surface area (Å²) in [4.78, 5) is 11.5. The topological polar surface area (TPSA) is 37.3 Å². The third-order valence-electron chi connectivity index (χ3n) is 6.61. The molecule has 7 atom stereocenters. The number of carboxylic acid groups (broad SMARTS) is 1. The maximum Gasteiger partial charge on any atom is 0.309 e. The standard InChI is InChI=1S/C14H20O2/c1-14(13(15)16)6-9-5-10(14)12-8-3-2-7(4-8)11(9)12/h7-12H,2-6H2,1H3,(H,15,16). The number of hydrogen-bond acceptors (Lipinski definition) is 1. The van der Waals surface area contributed by atoms with Crippen molar-refractivity contribution in [3.63, 3.8) is 0 Å². The summed E-state index contributed by atoms with van der Waals surface area (Å²) in [5.41, 5.74) is -0.379. The van der Waals surface area contributed by atoms with Gasteiger partial charge in [0.25, 0.3) is 0 Å². The molecule has 4 bridgehead atoms. The fourth-order valence-electron chi connectivity index (χ4n) is 6.16. The van der Waals surface area contributed by atoms with Gasteiger partial charge in [0.2, 0.25) is 0 Å². The van der Waals surface area contributed by atoms with E-state index >= 15 is 0 Å². The molecule has 7 unspecified atom stereocenters. The molecule has 0 heterocycles. The summed E-state index contributed by atoms with van der Waals surface area (Å²) in [6, 6.07) is 0. The van der Waals surface area contributed by atoms with E-state index < -0.39 is 5.97 Å². The molecule has 0 saturated heterocycles. The zero-order valence-electron chi connectivity index (χ0n) is 9.86. The van der Waals surface area contributed by atoms with E-state index in [9.17, 15) is 9.90 Å². The largest absolute Gasteiger partial charge is 0.481 e. The van der Waals surface area contributed by atoms with Gasteiger partial charge < -0.3 is 5.11 Å². The summed E-state index contributed by atoms with van der Waals surface area (Å²) in [6.07, 6.45) is 6.46. The van der Waals surface area contributed by atoms with Crippen molar-refractivity contribution in [3.8, 4) is 0 Å². The predicted molar refractivity (Wildman–Crippen MR) is 59.8 cm³/mol. The quantitative estimate of drug-likeness (QED) is 0.690. The van der Waals surface area contributed by atoms with Gasteiger partial charge in [-0.2, -0.15) is 0 Å². The number of rotatable bonds is 1. The molecule has 16 heavy (non-hydrogen) atoms. The van der Waals surface area contributed by atoms with E-state index in [0.717, 1.165) is 36.0 Å². The first-order valence-electron chi connectivity index (χ1n) is 6.84. The summed E-state index contributed by atoms with van der Waals surface area (Å²) >= 11 is 0. The minimum absolute atomic E-state index is 0.379. The average molecular weight is 220 g/mol. The molecule has 1 N–H and O–H groups in total. The molecule has 0 radical (unpaired) electrons. The SMILES string of the molecule is CC1(C(=O)O)CC2CC1C1C3CCC(C3)C21. The molecule has 2 heteroatoms. The van der Waals surface area contributed by atoms with Gasteiger partial charge >= 0.3 is 5.97 Å². The van der Waals surface area contributed by atoms with Crippen molar-refractivity contribution in [2.75, 3.05) is 0 Å². The highest BCUT2D eigenvalue weighted by molar-refractivity contribution is 5.75. The van der Waals surface area contributed by atoms with E-state index in [2.05, 4.69) is 0 Å². The first-order chi connectivity index (χ1) is 7.61. The van der Waals surface area contributed by atoms with Crippen molar-refractivity contribution in [1.29, 1.82) is 0 Å². The normalized spacial score (nSPS) is 61.6. The first kappa shape index (κ1) is 9.49. The molecule has 88 valence electrons. The highest BCUT2D eigenvalue weighted by Crippen LogP contribution is 2.71. The molecule has 0 aromatic rings. The van der Waals surface area contributed by atoms with Crippen LogP contribution in [-0.2, 0) is 4.79 Å². The molecule has 4 aliphatic carbocycles. The van der Waals surface area contributed by atoms with Crippen LogP contribution in [0.5, 0.6) is 0 Å². The number of fused-ring (bicyclic) bond motifs is 9. The predicted octanol–water partition coefficient (Wildman–Crippen LogP) is 2.78. The second kappa shape index (κ2) is 2.65. The Morgan fingerprint density at radius 2 is 1.81 bits per heavy atom. The van der Waals surface area contributed by atoms with Crippen LogP contribution in [-0.4, -0.2) is 11.1 Å². The third-order valence-corrected chi connectivity index (χ3v) is 6.61. The lowest BCUT2D eigenvalue weighted by atomic mass is 9.61. The fraction of sp³-hybridized carbons (Fsp3) is 0.929. The molecular formula is C14H20O2. The Kier molecular flexibility index (Phi) is 1.57. The van der Waals surface area contributed by atoms with Crippen molar-refractivity contribution in [2.45, 2.75) is 39.0 Å². The van der Waals surface area contributed by atoms with Crippen molar-refractivity contribution >= 4 is 5.97 Å². The van der Waals surface area contributed by atoms with Crippen molar-refractivity contribution in [3.05, 3.63) is 0 Å². The van der Waals surface area contributed by atoms with E-state index in [1.54, 1.807) is 0 Å². The second-order valence-corrected chi connectivity index (χ2v) is 7.02. The molecule has 0 aromatic carbocycles. The Morgan fingerprint density at radius 3 is 2.50 bits per heavy atom. The van der Waals surface area contributed by atoms with Crippen LogP contribution in [0.2, 0.25) is 0 Å². The lowest BCUT2D eigenvalue weighted by Gasteiger charge is -2.42. The van der Waals surface area contributed by atoms with Crippen molar-refractivity contribution in [2.24, 2.45) is 40.9 Å². The number of carbonyl (C=O) groups is 1. The van der Waals surface area contributed by atoms with Crippen molar-refractivity contribution in [1.82, 2.24) is 0 Å². The first-order valence-corrected chi connectivity index (χ1v) is 6.84. The van der Waals surface area contributed by atoms with Crippen LogP contribution in [0.4, 0.5) is 0 Å². The summed E-state index contributed by atoms with van der Waals surface area (Å²) < 4.78 is 0. The molecule has 4 fully saturated rings. The third kappa shape index (κ3) is 0.856. The second-order valence-electron chi connectivity index (χ2n) is 7.02. The lowest BCUT2D eigenvalue weighted by Crippen LogP contribution is -2.42. The van der Waals surface area contributed by atoms with Crippen LogP contribution in [0.3, 0.4) is 0 Å². The summed E-state index contributed by atoms with van der Waals surface area (Å²) in [5, 5.41) is 9.48. The monoisotopic (exact) mass is 220 g/mol. The minimum atomic E-state index is -0.527. The van der Waals surface area contributed by atoms with Gasteiger partial charge in [0.05, 0.1) is 5.41 Å². The number of hydrogen-bond donors (Lipinski definition) is 1. The van der Waals surface area contributed by atoms with Gasteiger partial charge in [-0.15, -0.1) is 0 Å². The Balaban J connectivity index is 1.73. The summed E-state index contributed by atoms with van der Waals surface area (Å²) in [7, 11) is 0. The Morgan fingerprint density at radius 1 is 1.12 bits per heavy atom. The zero-order valence-corrected chi connectivity index (χ0v) is 9.86. The lowest BCUT2D eigenvalue weighted by molar-refractivity contribution is -0.154. The van der Waals surface area contributed by atoms with Crippen LogP contribution in [0.1, 0.15) is 39.0 Å². The van der Waals surface area contributed by atoms with Crippen LogP contribution in [0, 0.1) is 40.9 Å². The highest BCUT2D eigenvalue weighted by Gasteiger charge is 2.67. The minimum Gasteiger partial charge on any atom is -0.481 e. The van der Waals surface area contributed by atoms with Crippen LogP contribution < -0.4 is 0 Å². The van der Waals surface area contributed by atoms with Gasteiger partial charge in [0.1, 0.15) is 0 Å². The summed E-state index contributed by atoms with van der Waals surface area (Å²) in [5.74, 6) is 4.32. The van der Waals surface area contributed by atoms with Gasteiger partial charge in [-0.1, -0.05) is 0 Å². The molecule has 0 spiro atoms. The smallest absolute Gasteiger partial charge is 0.309 e. The van der Waals surface area contributed by atoms with Crippen molar-refractivity contribution < 1.29 is 9.90 Å². The number of aliphatic carboxylic acids is 1. The zero-order chi connectivity index (χ0) is 11.1. The van der Waals surface area contributed by atoms with Gasteiger partial charge in [-0.3, -0.25) is 4.79 Å². The maximum atomic E-state index is 11.5. The van der Waals surface area contributed by atoms with E-state index in [1.165, 1.54) is 25.7 Å². The van der Waals surface area contributed by atoms with Gasteiger partial charge in [-0.05, 0) is 74.5 Å². The Bertz CT molecular complexity index is 364. The van der Waals surface area contributed by atoms with E-state index in [0.29, 0.717) is 5.92 Å². The number of carboxylic acids is 1. The average Bonchev–Trinajstić information content (AvgIpc) is 2.92. The molecule has 2 nitrogen and oxygen atoms in total. The molecule has 0 aliphatic heterocycles. The molecular weight excluding hydrogens is 200 g/mol. The fourth-order valence-corrected chi connectivity index (χ4v) is 6.16. The maximum absolute atomic E-state index is 11.5. The van der Waals surface area contributed by atoms with Crippen LogP contribution in [0.15, 0.2) is 0 Å². The van der Waals surface area contributed by atoms with E-state index in [-0.39, 0.29) is 5.41 Å². The van der Waals surface area contributed by atoms with Crippen LogP contribution in [0.25, 0.3) is 0 Å². The van der Waals surface area contributed by atoms with Gasteiger partial charge in [0, 0.05) is 0 Å². The van der Waals surface area contributed by atoms with Crippen LogP contribution >= 0.6 is 0 Å².